The lowest BCUT2D eigenvalue weighted by molar-refractivity contribution is 0.195. The molecule has 0 amide bonds. The first-order chi connectivity index (χ1) is 29.0. The average molecular weight is 755 g/mol. The molecule has 0 saturated heterocycles. The fourth-order valence-electron chi connectivity index (χ4n) is 12.2. The zero-order valence-corrected chi connectivity index (χ0v) is 33.4. The fraction of sp³-hybridized carbons (Fsp3) is 0.140. The number of hydrogen-bond donors (Lipinski definition) is 0. The van der Waals surface area contributed by atoms with Gasteiger partial charge < -0.3 is 4.90 Å². The molecule has 0 radical (unpaired) electrons. The van der Waals surface area contributed by atoms with Gasteiger partial charge in [-0.1, -0.05) is 153 Å². The second kappa shape index (κ2) is 11.9. The van der Waals surface area contributed by atoms with E-state index in [4.69, 9.17) is 0 Å². The minimum atomic E-state index is -0.0117. The molecule has 2 nitrogen and oxygen atoms in total. The van der Waals surface area contributed by atoms with Crippen molar-refractivity contribution < 1.29 is 0 Å². The smallest absolute Gasteiger partial charge is 0.0517 e. The first-order valence-electron chi connectivity index (χ1n) is 21.3. The van der Waals surface area contributed by atoms with E-state index in [9.17, 15) is 0 Å². The molecular weight excluding hydrogens is 713 g/mol. The molecule has 1 fully saturated rings. The summed E-state index contributed by atoms with van der Waals surface area (Å²) >= 11 is 0. The molecule has 13 rings (SSSR count). The van der Waals surface area contributed by atoms with E-state index in [2.05, 4.69) is 181 Å². The molecular formula is C57H42N2. The highest BCUT2D eigenvalue weighted by Crippen LogP contribution is 2.62. The Morgan fingerprint density at radius 3 is 1.66 bits per heavy atom. The molecule has 0 bridgehead atoms. The van der Waals surface area contributed by atoms with Crippen LogP contribution in [0.5, 0.6) is 0 Å². The van der Waals surface area contributed by atoms with Crippen molar-refractivity contribution in [1.29, 1.82) is 0 Å². The van der Waals surface area contributed by atoms with E-state index in [1.54, 1.807) is 0 Å². The molecule has 2 heterocycles. The maximum absolute atomic E-state index is 4.39. The highest BCUT2D eigenvalue weighted by molar-refractivity contribution is 6.46. The standard InChI is InChI=1S/C57H42N2/c1-56-30-9-10-31-57(56,2)59(39-28-32-58-33-29-39)47-27-24-38(34-46(47)56)40-25-26-45-51-41(40)20-13-23-44(51)54-49(36-14-5-3-6-15-36)52-42-21-11-18-35-19-12-22-43(48(35)42)53(52)50(55(45)54)37-16-7-4-8-17-37/h3-8,11-29,32-34H,9-10,30-31H2,1-2H3. The van der Waals surface area contributed by atoms with Crippen LogP contribution in [0, 0.1) is 0 Å². The highest BCUT2D eigenvalue weighted by Gasteiger charge is 2.57. The Morgan fingerprint density at radius 2 is 1.02 bits per heavy atom. The van der Waals surface area contributed by atoms with Gasteiger partial charge in [-0.2, -0.15) is 0 Å². The van der Waals surface area contributed by atoms with E-state index in [0.717, 1.165) is 0 Å². The molecule has 1 aliphatic heterocycles. The Morgan fingerprint density at radius 1 is 0.458 bits per heavy atom. The van der Waals surface area contributed by atoms with E-state index in [1.807, 2.05) is 12.4 Å². The van der Waals surface area contributed by atoms with Gasteiger partial charge in [0.15, 0.2) is 0 Å². The summed E-state index contributed by atoms with van der Waals surface area (Å²) in [6.45, 7) is 5.04. The maximum atomic E-state index is 4.39. The van der Waals surface area contributed by atoms with E-state index < -0.39 is 0 Å². The molecule has 280 valence electrons. The summed E-state index contributed by atoms with van der Waals surface area (Å²) in [7, 11) is 0. The van der Waals surface area contributed by atoms with Crippen molar-refractivity contribution in [3.63, 3.8) is 0 Å². The summed E-state index contributed by atoms with van der Waals surface area (Å²) < 4.78 is 0. The highest BCUT2D eigenvalue weighted by atomic mass is 15.3. The Labute approximate surface area is 344 Å². The first kappa shape index (κ1) is 33.2. The van der Waals surface area contributed by atoms with Gasteiger partial charge in [0.05, 0.1) is 5.54 Å². The number of aromatic nitrogens is 1. The summed E-state index contributed by atoms with van der Waals surface area (Å²) in [6.07, 6.45) is 8.75. The number of nitrogens with zero attached hydrogens (tertiary/aromatic N) is 2. The van der Waals surface area contributed by atoms with E-state index in [1.165, 1.54) is 141 Å². The molecule has 2 atom stereocenters. The Hall–Kier alpha value is -6.77. The molecule has 11 aromatic rings. The largest absolute Gasteiger partial charge is 0.334 e. The van der Waals surface area contributed by atoms with Gasteiger partial charge in [-0.25, -0.2) is 0 Å². The van der Waals surface area contributed by atoms with Crippen LogP contribution in [-0.4, -0.2) is 10.5 Å². The van der Waals surface area contributed by atoms with Crippen LogP contribution in [-0.2, 0) is 5.41 Å². The Kier molecular flexibility index (Phi) is 6.70. The van der Waals surface area contributed by atoms with Crippen molar-refractivity contribution in [2.75, 3.05) is 4.90 Å². The zero-order valence-electron chi connectivity index (χ0n) is 33.4. The maximum Gasteiger partial charge on any atom is 0.0517 e. The number of anilines is 2. The van der Waals surface area contributed by atoms with Gasteiger partial charge in [-0.05, 0) is 148 Å². The van der Waals surface area contributed by atoms with Gasteiger partial charge in [0.2, 0.25) is 0 Å². The number of rotatable bonds is 4. The van der Waals surface area contributed by atoms with Gasteiger partial charge in [0.1, 0.15) is 0 Å². The van der Waals surface area contributed by atoms with Crippen LogP contribution in [0.25, 0.3) is 98.0 Å². The SMILES string of the molecule is CC12CCCCC1(C)N(c1ccncc1)c1ccc(-c3ccc4c5c(-c6ccccc6)c6c7cccc8cccc(c6c(-c6ccccc6)c5c5cccc3c54)c87)cc12. The fourth-order valence-corrected chi connectivity index (χ4v) is 12.2. The summed E-state index contributed by atoms with van der Waals surface area (Å²) in [5.41, 5.74) is 11.9. The third-order valence-electron chi connectivity index (χ3n) is 15.0. The van der Waals surface area contributed by atoms with Crippen molar-refractivity contribution >= 4 is 76.0 Å². The second-order valence-electron chi connectivity index (χ2n) is 17.7. The summed E-state index contributed by atoms with van der Waals surface area (Å²) in [6, 6.07) is 59.8. The van der Waals surface area contributed by atoms with E-state index in [-0.39, 0.29) is 11.0 Å². The third-order valence-corrected chi connectivity index (χ3v) is 15.0. The van der Waals surface area contributed by atoms with Crippen LogP contribution in [0.2, 0.25) is 0 Å². The van der Waals surface area contributed by atoms with Crippen LogP contribution in [0.4, 0.5) is 11.4 Å². The molecule has 2 unspecified atom stereocenters. The van der Waals surface area contributed by atoms with Crippen molar-refractivity contribution in [1.82, 2.24) is 4.98 Å². The summed E-state index contributed by atoms with van der Waals surface area (Å²) in [4.78, 5) is 7.03. The van der Waals surface area contributed by atoms with Crippen LogP contribution in [0.1, 0.15) is 45.1 Å². The topological polar surface area (TPSA) is 16.1 Å². The van der Waals surface area contributed by atoms with Crippen LogP contribution in [0.15, 0.2) is 170 Å². The predicted octanol–water partition coefficient (Wildman–Crippen LogP) is 15.6. The second-order valence-corrected chi connectivity index (χ2v) is 17.7. The lowest BCUT2D eigenvalue weighted by atomic mass is 9.61. The molecule has 0 N–H and O–H groups in total. The lowest BCUT2D eigenvalue weighted by Crippen LogP contribution is -2.54. The first-order valence-corrected chi connectivity index (χ1v) is 21.3. The summed E-state index contributed by atoms with van der Waals surface area (Å²) in [5, 5.41) is 16.1. The number of hydrogen-bond acceptors (Lipinski definition) is 2. The number of benzene rings is 8. The lowest BCUT2D eigenvalue weighted by Gasteiger charge is -2.50. The molecule has 59 heavy (non-hydrogen) atoms. The molecule has 10 aromatic carbocycles. The molecule has 1 aliphatic carbocycles. The quantitative estimate of drug-likeness (QED) is 0.178. The Balaban J connectivity index is 1.15. The van der Waals surface area contributed by atoms with Crippen molar-refractivity contribution in [2.45, 2.75) is 50.5 Å². The molecule has 0 spiro atoms. The molecule has 2 heteroatoms. The van der Waals surface area contributed by atoms with E-state index in [0.29, 0.717) is 0 Å². The minimum absolute atomic E-state index is 0.0117. The number of pyridine rings is 1. The van der Waals surface area contributed by atoms with Crippen LogP contribution < -0.4 is 4.90 Å². The van der Waals surface area contributed by atoms with Crippen LogP contribution in [0.3, 0.4) is 0 Å². The monoisotopic (exact) mass is 754 g/mol. The van der Waals surface area contributed by atoms with E-state index >= 15 is 0 Å². The predicted molar refractivity (Wildman–Crippen MR) is 251 cm³/mol. The van der Waals surface area contributed by atoms with Gasteiger partial charge in [0, 0.05) is 29.2 Å². The summed E-state index contributed by atoms with van der Waals surface area (Å²) in [5.74, 6) is 0. The molecule has 1 aromatic heterocycles. The van der Waals surface area contributed by atoms with Gasteiger partial charge in [-0.15, -0.1) is 0 Å². The van der Waals surface area contributed by atoms with Crippen molar-refractivity contribution in [3.8, 4) is 33.4 Å². The number of fused-ring (bicyclic) bond motifs is 9. The Bertz CT molecular complexity index is 3340. The van der Waals surface area contributed by atoms with Gasteiger partial charge in [0.25, 0.3) is 0 Å². The molecule has 2 aliphatic rings. The average Bonchev–Trinajstić information content (AvgIpc) is 3.87. The van der Waals surface area contributed by atoms with Gasteiger partial charge >= 0.3 is 0 Å². The molecule has 1 saturated carbocycles. The minimum Gasteiger partial charge on any atom is -0.334 e. The van der Waals surface area contributed by atoms with Gasteiger partial charge in [-0.3, -0.25) is 4.98 Å². The van der Waals surface area contributed by atoms with Crippen molar-refractivity contribution in [3.05, 3.63) is 176 Å². The zero-order chi connectivity index (χ0) is 39.0. The van der Waals surface area contributed by atoms with Crippen molar-refractivity contribution in [2.24, 2.45) is 0 Å². The third kappa shape index (κ3) is 4.23. The normalized spacial score (nSPS) is 19.2. The van der Waals surface area contributed by atoms with Crippen LogP contribution >= 0.6 is 0 Å².